The molecule has 0 bridgehead atoms. The van der Waals surface area contributed by atoms with E-state index in [1.54, 1.807) is 0 Å². The first-order valence-electron chi connectivity index (χ1n) is 9.09. The smallest absolute Gasteiger partial charge is 0.261 e. The Labute approximate surface area is 162 Å². The minimum Gasteiger partial charge on any atom is -0.379 e. The van der Waals surface area contributed by atoms with Crippen LogP contribution in [0.5, 0.6) is 0 Å². The first-order valence-corrected chi connectivity index (χ1v) is 11.1. The summed E-state index contributed by atoms with van der Waals surface area (Å²) in [6, 6.07) is 1.94. The maximum Gasteiger partial charge on any atom is 0.261 e. The molecule has 1 amide bonds. The van der Waals surface area contributed by atoms with Crippen molar-refractivity contribution in [3.05, 3.63) is 10.9 Å². The summed E-state index contributed by atoms with van der Waals surface area (Å²) in [6.45, 7) is 7.34. The van der Waals surface area contributed by atoms with Gasteiger partial charge in [0, 0.05) is 26.2 Å². The molecule has 0 spiro atoms. The molecule has 0 unspecified atom stereocenters. The molecule has 6 nitrogen and oxygen atoms in total. The van der Waals surface area contributed by atoms with Gasteiger partial charge in [0.2, 0.25) is 0 Å². The minimum atomic E-state index is -0.0457. The average molecular weight is 395 g/mol. The van der Waals surface area contributed by atoms with Crippen molar-refractivity contribution in [3.8, 4) is 0 Å². The molecule has 0 atom stereocenters. The molecule has 0 radical (unpaired) electrons. The van der Waals surface area contributed by atoms with Crippen LogP contribution >= 0.6 is 23.1 Å². The predicted molar refractivity (Wildman–Crippen MR) is 109 cm³/mol. The first-order chi connectivity index (χ1) is 12.6. The maximum atomic E-state index is 12.5. The fraction of sp³-hybridized carbons (Fsp3) is 0.611. The molecule has 26 heavy (non-hydrogen) atoms. The van der Waals surface area contributed by atoms with E-state index in [1.807, 2.05) is 26.2 Å². The molecule has 1 N–H and O–H groups in total. The summed E-state index contributed by atoms with van der Waals surface area (Å²) in [4.78, 5) is 25.7. The molecule has 142 valence electrons. The number of anilines is 1. The highest BCUT2D eigenvalue weighted by atomic mass is 32.2. The van der Waals surface area contributed by atoms with Crippen LogP contribution in [-0.2, 0) is 4.74 Å². The summed E-state index contributed by atoms with van der Waals surface area (Å²) in [5.74, 6) is 0.924. The van der Waals surface area contributed by atoms with Crippen LogP contribution in [0.2, 0.25) is 0 Å². The number of carbonyl (C=O) groups is 1. The Morgan fingerprint density at radius 1 is 1.38 bits per heavy atom. The van der Waals surface area contributed by atoms with Crippen LogP contribution in [0.1, 0.15) is 42.8 Å². The molecule has 2 aromatic rings. The van der Waals surface area contributed by atoms with E-state index in [2.05, 4.69) is 15.2 Å². The van der Waals surface area contributed by atoms with E-state index in [0.717, 1.165) is 40.7 Å². The third-order valence-corrected chi connectivity index (χ3v) is 5.80. The lowest BCUT2D eigenvalue weighted by atomic mass is 10.3. The molecule has 8 heteroatoms. The fourth-order valence-corrected chi connectivity index (χ4v) is 4.30. The summed E-state index contributed by atoms with van der Waals surface area (Å²) in [5.41, 5.74) is 0. The normalized spacial score (nSPS) is 14.5. The molecule has 0 aliphatic carbocycles. The first kappa shape index (κ1) is 19.4. The zero-order chi connectivity index (χ0) is 18.5. The van der Waals surface area contributed by atoms with Gasteiger partial charge < -0.3 is 15.0 Å². The fourth-order valence-electron chi connectivity index (χ4n) is 2.94. The number of thiophene rings is 1. The Morgan fingerprint density at radius 3 is 2.85 bits per heavy atom. The van der Waals surface area contributed by atoms with E-state index in [4.69, 9.17) is 9.72 Å². The topological polar surface area (TPSA) is 67.4 Å². The summed E-state index contributed by atoms with van der Waals surface area (Å²) >= 11 is 2.98. The van der Waals surface area contributed by atoms with Crippen molar-refractivity contribution in [1.29, 1.82) is 0 Å². The van der Waals surface area contributed by atoms with Gasteiger partial charge in [-0.1, -0.05) is 11.8 Å². The molecule has 1 saturated heterocycles. The number of ether oxygens (including phenoxy) is 1. The second-order valence-electron chi connectivity index (χ2n) is 6.59. The van der Waals surface area contributed by atoms with Gasteiger partial charge in [0.05, 0.1) is 16.4 Å². The Morgan fingerprint density at radius 2 is 2.15 bits per heavy atom. The summed E-state index contributed by atoms with van der Waals surface area (Å²) in [6.07, 6.45) is 5.40. The van der Waals surface area contributed by atoms with Gasteiger partial charge in [0.1, 0.15) is 10.6 Å². The third-order valence-electron chi connectivity index (χ3n) is 4.22. The number of fused-ring (bicyclic) bond motifs is 1. The van der Waals surface area contributed by atoms with Gasteiger partial charge in [-0.05, 0) is 45.4 Å². The predicted octanol–water partition coefficient (Wildman–Crippen LogP) is 3.56. The number of aromatic nitrogens is 2. The van der Waals surface area contributed by atoms with E-state index >= 15 is 0 Å². The number of hydrogen-bond donors (Lipinski definition) is 1. The number of thioether (sulfide) groups is 1. The summed E-state index contributed by atoms with van der Waals surface area (Å²) in [5, 5.41) is 4.73. The Hall–Kier alpha value is -1.38. The lowest BCUT2D eigenvalue weighted by molar-refractivity contribution is 0.0757. The molecule has 0 aromatic carbocycles. The average Bonchev–Trinajstić information content (AvgIpc) is 3.29. The van der Waals surface area contributed by atoms with Crippen LogP contribution < -0.4 is 10.2 Å². The van der Waals surface area contributed by atoms with Gasteiger partial charge in [-0.15, -0.1) is 11.3 Å². The number of nitrogens with one attached hydrogen (secondary N) is 1. The Kier molecular flexibility index (Phi) is 6.72. The van der Waals surface area contributed by atoms with Crippen molar-refractivity contribution >= 4 is 45.0 Å². The largest absolute Gasteiger partial charge is 0.379 e. The second kappa shape index (κ2) is 9.01. The SMILES string of the molecule is CSc1nc(N2CCCC2)c2cc(C(=O)NCCCOC(C)C)sc2n1. The number of amides is 1. The van der Waals surface area contributed by atoms with Crippen molar-refractivity contribution in [3.63, 3.8) is 0 Å². The summed E-state index contributed by atoms with van der Waals surface area (Å²) in [7, 11) is 0. The van der Waals surface area contributed by atoms with Crippen molar-refractivity contribution in [2.75, 3.05) is 37.4 Å². The Balaban J connectivity index is 1.73. The van der Waals surface area contributed by atoms with Gasteiger partial charge in [-0.2, -0.15) is 0 Å². The van der Waals surface area contributed by atoms with Gasteiger partial charge in [0.15, 0.2) is 5.16 Å². The molecule has 1 fully saturated rings. The van der Waals surface area contributed by atoms with Crippen LogP contribution in [0.4, 0.5) is 5.82 Å². The molecule has 1 aliphatic heterocycles. The monoisotopic (exact) mass is 394 g/mol. The lowest BCUT2D eigenvalue weighted by Gasteiger charge is -2.17. The quantitative estimate of drug-likeness (QED) is 0.419. The number of hydrogen-bond acceptors (Lipinski definition) is 7. The van der Waals surface area contributed by atoms with Gasteiger partial charge >= 0.3 is 0 Å². The Bertz CT molecular complexity index is 757. The van der Waals surface area contributed by atoms with Crippen LogP contribution in [-0.4, -0.2) is 54.5 Å². The van der Waals surface area contributed by atoms with Gasteiger partial charge in [-0.25, -0.2) is 9.97 Å². The molecule has 1 aliphatic rings. The zero-order valence-corrected chi connectivity index (χ0v) is 17.2. The standard InChI is InChI=1S/C18H26N4O2S2/c1-12(2)24-10-6-7-19-16(23)14-11-13-15(22-8-4-5-9-22)20-18(25-3)21-17(13)26-14/h11-12H,4-10H2,1-3H3,(H,19,23). The highest BCUT2D eigenvalue weighted by Crippen LogP contribution is 2.34. The van der Waals surface area contributed by atoms with Gasteiger partial charge in [0.25, 0.3) is 5.91 Å². The van der Waals surface area contributed by atoms with E-state index in [-0.39, 0.29) is 12.0 Å². The maximum absolute atomic E-state index is 12.5. The van der Waals surface area contributed by atoms with E-state index in [0.29, 0.717) is 18.0 Å². The highest BCUT2D eigenvalue weighted by molar-refractivity contribution is 7.98. The lowest BCUT2D eigenvalue weighted by Crippen LogP contribution is -2.24. The third kappa shape index (κ3) is 4.66. The highest BCUT2D eigenvalue weighted by Gasteiger charge is 2.21. The molecule has 0 saturated carbocycles. The second-order valence-corrected chi connectivity index (χ2v) is 8.39. The zero-order valence-electron chi connectivity index (χ0n) is 15.6. The van der Waals surface area contributed by atoms with Crippen LogP contribution in [0, 0.1) is 0 Å². The number of carbonyl (C=O) groups excluding carboxylic acids is 1. The van der Waals surface area contributed by atoms with Crippen LogP contribution in [0.3, 0.4) is 0 Å². The molecular formula is C18H26N4O2S2. The summed E-state index contributed by atoms with van der Waals surface area (Å²) < 4.78 is 5.50. The van der Waals surface area contributed by atoms with Crippen LogP contribution in [0.15, 0.2) is 11.2 Å². The van der Waals surface area contributed by atoms with E-state index < -0.39 is 0 Å². The molecule has 3 heterocycles. The molecule has 3 rings (SSSR count). The van der Waals surface area contributed by atoms with Crippen molar-refractivity contribution in [1.82, 2.24) is 15.3 Å². The number of nitrogens with zero attached hydrogens (tertiary/aromatic N) is 3. The molecular weight excluding hydrogens is 368 g/mol. The van der Waals surface area contributed by atoms with E-state index in [9.17, 15) is 4.79 Å². The van der Waals surface area contributed by atoms with Gasteiger partial charge in [-0.3, -0.25) is 4.79 Å². The van der Waals surface area contributed by atoms with Crippen molar-refractivity contribution in [2.45, 2.75) is 44.4 Å². The van der Waals surface area contributed by atoms with Crippen molar-refractivity contribution < 1.29 is 9.53 Å². The number of rotatable bonds is 8. The van der Waals surface area contributed by atoms with Crippen LogP contribution in [0.25, 0.3) is 10.2 Å². The van der Waals surface area contributed by atoms with Crippen molar-refractivity contribution in [2.24, 2.45) is 0 Å². The van der Waals surface area contributed by atoms with E-state index in [1.165, 1.54) is 35.9 Å². The minimum absolute atomic E-state index is 0.0457. The molecule has 2 aromatic heterocycles.